The van der Waals surface area contributed by atoms with E-state index in [1.165, 1.54) is 10.6 Å². The third-order valence-electron chi connectivity index (χ3n) is 4.71. The van der Waals surface area contributed by atoms with Crippen LogP contribution in [0.3, 0.4) is 0 Å². The van der Waals surface area contributed by atoms with Crippen molar-refractivity contribution in [2.45, 2.75) is 20.4 Å². The summed E-state index contributed by atoms with van der Waals surface area (Å²) in [7, 11) is -3.49. The number of benzene rings is 3. The van der Waals surface area contributed by atoms with Gasteiger partial charge in [0.2, 0.25) is 10.0 Å². The highest BCUT2D eigenvalue weighted by atomic mass is 35.5. The normalized spacial score (nSPS) is 11.2. The van der Waals surface area contributed by atoms with Crippen molar-refractivity contribution in [3.63, 3.8) is 0 Å². The second kappa shape index (κ2) is 8.90. The number of carbonyl (C=O) groups excluding carboxylic acids is 1. The number of hydrogen-bond donors (Lipinski definition) is 1. The molecule has 7 heteroatoms. The van der Waals surface area contributed by atoms with Gasteiger partial charge in [0, 0.05) is 16.3 Å². The summed E-state index contributed by atoms with van der Waals surface area (Å²) in [6.07, 6.45) is 1.20. The fourth-order valence-electron chi connectivity index (χ4n) is 3.26. The maximum absolute atomic E-state index is 12.5. The largest absolute Gasteiger partial charge is 0.322 e. The number of anilines is 2. The Morgan fingerprint density at radius 2 is 1.57 bits per heavy atom. The first kappa shape index (κ1) is 21.9. The van der Waals surface area contributed by atoms with E-state index in [1.807, 2.05) is 32.0 Å². The molecule has 0 heterocycles. The fourth-order valence-corrected chi connectivity index (χ4v) is 4.45. The summed E-state index contributed by atoms with van der Waals surface area (Å²) < 4.78 is 26.4. The van der Waals surface area contributed by atoms with Crippen LogP contribution in [0.1, 0.15) is 27.0 Å². The van der Waals surface area contributed by atoms with Crippen LogP contribution in [0.5, 0.6) is 0 Å². The molecule has 0 spiro atoms. The van der Waals surface area contributed by atoms with E-state index in [1.54, 1.807) is 48.5 Å². The number of aryl methyl sites for hydroxylation is 2. The van der Waals surface area contributed by atoms with Crippen LogP contribution in [-0.4, -0.2) is 20.6 Å². The second-order valence-corrected chi connectivity index (χ2v) is 9.51. The van der Waals surface area contributed by atoms with Crippen LogP contribution < -0.4 is 9.62 Å². The number of hydrogen-bond acceptors (Lipinski definition) is 3. The zero-order valence-electron chi connectivity index (χ0n) is 17.0. The molecular weight excluding hydrogens is 420 g/mol. The first-order valence-electron chi connectivity index (χ1n) is 9.35. The van der Waals surface area contributed by atoms with Gasteiger partial charge in [-0.3, -0.25) is 9.10 Å². The van der Waals surface area contributed by atoms with Crippen LogP contribution in [-0.2, 0) is 16.6 Å². The first-order chi connectivity index (χ1) is 14.1. The molecule has 0 saturated heterocycles. The van der Waals surface area contributed by atoms with Gasteiger partial charge in [-0.25, -0.2) is 8.42 Å². The number of nitrogens with zero attached hydrogens (tertiary/aromatic N) is 1. The minimum absolute atomic E-state index is 0.181. The molecule has 1 amide bonds. The van der Waals surface area contributed by atoms with Crippen LogP contribution in [0.15, 0.2) is 66.7 Å². The Kier molecular flexibility index (Phi) is 6.48. The molecule has 0 bridgehead atoms. The predicted molar refractivity (Wildman–Crippen MR) is 123 cm³/mol. The minimum atomic E-state index is -3.49. The average molecular weight is 443 g/mol. The van der Waals surface area contributed by atoms with Crippen molar-refractivity contribution >= 4 is 38.9 Å². The summed E-state index contributed by atoms with van der Waals surface area (Å²) in [5, 5.41) is 3.33. The number of para-hydroxylation sites is 1. The molecule has 5 nitrogen and oxygen atoms in total. The summed E-state index contributed by atoms with van der Waals surface area (Å²) in [5.41, 5.74) is 4.31. The SMILES string of the molecule is Cc1cccc(C)c1N(Cc1ccc(C(=O)Nc2cccc(Cl)c2)cc1)S(C)(=O)=O. The number of sulfonamides is 1. The van der Waals surface area contributed by atoms with Crippen molar-refractivity contribution in [3.05, 3.63) is 94.0 Å². The molecule has 3 aromatic rings. The topological polar surface area (TPSA) is 66.5 Å². The molecule has 3 aromatic carbocycles. The van der Waals surface area contributed by atoms with E-state index in [0.29, 0.717) is 22.0 Å². The Balaban J connectivity index is 1.82. The molecule has 0 atom stereocenters. The summed E-state index contributed by atoms with van der Waals surface area (Å²) in [6, 6.07) is 19.5. The molecule has 0 aromatic heterocycles. The number of amides is 1. The number of rotatable bonds is 6. The predicted octanol–water partition coefficient (Wildman–Crippen LogP) is 5.18. The Bertz CT molecular complexity index is 1160. The minimum Gasteiger partial charge on any atom is -0.322 e. The zero-order valence-corrected chi connectivity index (χ0v) is 18.6. The maximum Gasteiger partial charge on any atom is 0.255 e. The van der Waals surface area contributed by atoms with Crippen LogP contribution in [0, 0.1) is 13.8 Å². The van der Waals surface area contributed by atoms with Gasteiger partial charge < -0.3 is 5.32 Å². The van der Waals surface area contributed by atoms with Gasteiger partial charge in [-0.15, -0.1) is 0 Å². The van der Waals surface area contributed by atoms with Gasteiger partial charge in [-0.1, -0.05) is 48.0 Å². The maximum atomic E-state index is 12.5. The second-order valence-electron chi connectivity index (χ2n) is 7.17. The lowest BCUT2D eigenvalue weighted by atomic mass is 10.1. The van der Waals surface area contributed by atoms with Crippen LogP contribution in [0.2, 0.25) is 5.02 Å². The number of nitrogens with one attached hydrogen (secondary N) is 1. The summed E-state index contributed by atoms with van der Waals surface area (Å²) in [5.74, 6) is -0.265. The van der Waals surface area contributed by atoms with Crippen molar-refractivity contribution in [2.75, 3.05) is 15.9 Å². The van der Waals surface area contributed by atoms with Gasteiger partial charge in [-0.05, 0) is 60.9 Å². The highest BCUT2D eigenvalue weighted by molar-refractivity contribution is 7.92. The van der Waals surface area contributed by atoms with Gasteiger partial charge >= 0.3 is 0 Å². The van der Waals surface area contributed by atoms with E-state index in [-0.39, 0.29) is 12.5 Å². The first-order valence-corrected chi connectivity index (χ1v) is 11.6. The van der Waals surface area contributed by atoms with Gasteiger partial charge in [-0.2, -0.15) is 0 Å². The molecule has 0 saturated carbocycles. The van der Waals surface area contributed by atoms with Gasteiger partial charge in [0.1, 0.15) is 0 Å². The molecule has 0 aliphatic rings. The smallest absolute Gasteiger partial charge is 0.255 e. The molecule has 0 aliphatic carbocycles. The third kappa shape index (κ3) is 5.20. The van der Waals surface area contributed by atoms with Gasteiger partial charge in [0.15, 0.2) is 0 Å². The summed E-state index contributed by atoms with van der Waals surface area (Å²) >= 11 is 5.95. The van der Waals surface area contributed by atoms with Crippen molar-refractivity contribution in [3.8, 4) is 0 Å². The fraction of sp³-hybridized carbons (Fsp3) is 0.174. The molecule has 156 valence electrons. The summed E-state index contributed by atoms with van der Waals surface area (Å²) in [6.45, 7) is 3.97. The third-order valence-corrected chi connectivity index (χ3v) is 6.06. The van der Waals surface area contributed by atoms with Gasteiger partial charge in [0.05, 0.1) is 18.5 Å². The number of carbonyl (C=O) groups is 1. The van der Waals surface area contributed by atoms with E-state index in [9.17, 15) is 13.2 Å². The molecule has 1 N–H and O–H groups in total. The van der Waals surface area contributed by atoms with Crippen molar-refractivity contribution in [1.82, 2.24) is 0 Å². The van der Waals surface area contributed by atoms with E-state index >= 15 is 0 Å². The summed E-state index contributed by atoms with van der Waals surface area (Å²) in [4.78, 5) is 12.5. The van der Waals surface area contributed by atoms with Crippen LogP contribution in [0.4, 0.5) is 11.4 Å². The Morgan fingerprint density at radius 3 is 2.13 bits per heavy atom. The Morgan fingerprint density at radius 1 is 0.967 bits per heavy atom. The van der Waals surface area contributed by atoms with E-state index in [4.69, 9.17) is 11.6 Å². The highest BCUT2D eigenvalue weighted by Crippen LogP contribution is 2.28. The zero-order chi connectivity index (χ0) is 21.9. The molecule has 0 fully saturated rings. The quantitative estimate of drug-likeness (QED) is 0.572. The van der Waals surface area contributed by atoms with Crippen LogP contribution >= 0.6 is 11.6 Å². The van der Waals surface area contributed by atoms with E-state index < -0.39 is 10.0 Å². The molecule has 0 unspecified atom stereocenters. The van der Waals surface area contributed by atoms with Crippen molar-refractivity contribution < 1.29 is 13.2 Å². The molecule has 30 heavy (non-hydrogen) atoms. The van der Waals surface area contributed by atoms with Gasteiger partial charge in [0.25, 0.3) is 5.91 Å². The molecule has 0 radical (unpaired) electrons. The van der Waals surface area contributed by atoms with E-state index in [2.05, 4.69) is 5.32 Å². The standard InChI is InChI=1S/C23H23ClN2O3S/c1-16-6-4-7-17(2)22(16)26(30(3,28)29)15-18-10-12-19(13-11-18)23(27)25-21-9-5-8-20(24)14-21/h4-14H,15H2,1-3H3,(H,25,27). The van der Waals surface area contributed by atoms with Crippen molar-refractivity contribution in [1.29, 1.82) is 0 Å². The Labute approximate surface area is 182 Å². The van der Waals surface area contributed by atoms with Crippen molar-refractivity contribution in [2.24, 2.45) is 0 Å². The lowest BCUT2D eigenvalue weighted by Gasteiger charge is -2.26. The lowest BCUT2D eigenvalue weighted by Crippen LogP contribution is -2.30. The average Bonchev–Trinajstić information content (AvgIpc) is 2.67. The molecule has 3 rings (SSSR count). The van der Waals surface area contributed by atoms with Crippen LogP contribution in [0.25, 0.3) is 0 Å². The number of halogens is 1. The molecular formula is C23H23ClN2O3S. The highest BCUT2D eigenvalue weighted by Gasteiger charge is 2.21. The molecule has 0 aliphatic heterocycles. The monoisotopic (exact) mass is 442 g/mol. The Hall–Kier alpha value is -2.83. The lowest BCUT2D eigenvalue weighted by molar-refractivity contribution is 0.102. The van der Waals surface area contributed by atoms with E-state index in [0.717, 1.165) is 16.7 Å².